The van der Waals surface area contributed by atoms with Crippen LogP contribution in [0, 0.1) is 0 Å². The van der Waals surface area contributed by atoms with E-state index in [4.69, 9.17) is 70.6 Å². The molecule has 0 bridgehead atoms. The molecule has 0 aliphatic carbocycles. The van der Waals surface area contributed by atoms with Crippen LogP contribution in [0.3, 0.4) is 0 Å². The van der Waals surface area contributed by atoms with E-state index in [0.29, 0.717) is 72.6 Å². The molecule has 30 heteroatoms. The summed E-state index contributed by atoms with van der Waals surface area (Å²) in [5, 5.41) is 18.0. The first-order valence-corrected chi connectivity index (χ1v) is 36.5. The number of amides is 4. The third-order valence-corrected chi connectivity index (χ3v) is 17.9. The molecule has 13 rings (SSSR count). The van der Waals surface area contributed by atoms with E-state index in [-0.39, 0.29) is 149 Å². The van der Waals surface area contributed by atoms with Crippen LogP contribution in [0.1, 0.15) is 98.3 Å². The maximum Gasteiger partial charge on any atom is 1.00 e. The predicted molar refractivity (Wildman–Crippen MR) is 423 cm³/mol. The molecule has 7 aromatic carbocycles. The van der Waals surface area contributed by atoms with Gasteiger partial charge in [0.1, 0.15) is 24.4 Å². The van der Waals surface area contributed by atoms with Crippen molar-refractivity contribution >= 4 is 111 Å². The van der Waals surface area contributed by atoms with Gasteiger partial charge in [0, 0.05) is 96.1 Å². The number of anilines is 4. The molecule has 25 nitrogen and oxygen atoms in total. The molecule has 576 valence electrons. The van der Waals surface area contributed by atoms with Crippen molar-refractivity contribution in [2.24, 2.45) is 0 Å². The third-order valence-electron chi connectivity index (χ3n) is 17.4. The van der Waals surface area contributed by atoms with Gasteiger partial charge in [0.15, 0.2) is 0 Å². The second-order valence-corrected chi connectivity index (χ2v) is 28.4. The number of ether oxygens (including phenoxy) is 4. The minimum absolute atomic E-state index is 0. The quantitative estimate of drug-likeness (QED) is 0.0236. The number of H-pyrrole nitrogens is 1. The zero-order valence-corrected chi connectivity index (χ0v) is 71.5. The van der Waals surface area contributed by atoms with Gasteiger partial charge in [-0.3, -0.25) is 14.6 Å². The average Bonchev–Trinajstić information content (AvgIpc) is 1.58. The van der Waals surface area contributed by atoms with Crippen molar-refractivity contribution in [1.29, 1.82) is 0 Å². The Hall–Kier alpha value is -8.44. The predicted octanol–water partition coefficient (Wildman–Crippen LogP) is 11.1. The first-order chi connectivity index (χ1) is 52.6. The van der Waals surface area contributed by atoms with Gasteiger partial charge in [-0.15, -0.1) is 0 Å². The number of halogens is 2. The van der Waals surface area contributed by atoms with Crippen LogP contribution in [0.4, 0.5) is 42.4 Å². The van der Waals surface area contributed by atoms with Gasteiger partial charge < -0.3 is 60.5 Å². The molecule has 0 saturated carbocycles. The number of hydrogen-bond donors (Lipinski definition) is 3. The molecule has 4 aromatic heterocycles. The molecule has 2 atom stereocenters. The van der Waals surface area contributed by atoms with Crippen LogP contribution < -0.4 is 119 Å². The Morgan fingerprint density at radius 1 is 0.580 bits per heavy atom. The van der Waals surface area contributed by atoms with Crippen LogP contribution in [0.2, 0.25) is 10.0 Å². The number of carbonyl (C=O) groups is 5. The molecule has 0 spiro atoms. The topological polar surface area (TPSA) is 298 Å². The summed E-state index contributed by atoms with van der Waals surface area (Å²) >= 11 is 12.5. The van der Waals surface area contributed by atoms with Crippen LogP contribution in [-0.4, -0.2) is 138 Å². The SMILES string of the molecule is C.CC(C)(C)OC(=O)N(Cc1ccc(Nc2ncc(Cl)c(-c3c[nH]c4ccccc34)n2)cc1)[C@@H]1CCCN(C(=O)OCc2ccccc2)C1.CC(C)(C)OC(=O)N(Cc1ccc(Nc2ncc(Cl)c(-c3cn(-c4ccccc4)c4ccccc34)n2)cc1)[C@@H]1CCCN(C(=O)OCc2ccccc2)C1.O=CO[O-].O=S=O.[H-].[K+].[K+]. The Balaban J connectivity index is 0.000000317. The zero-order chi connectivity index (χ0) is 77.5. The van der Waals surface area contributed by atoms with Gasteiger partial charge in [0.05, 0.1) is 51.4 Å². The number of fused-ring (bicyclic) bond motifs is 2. The van der Waals surface area contributed by atoms with Crippen molar-refractivity contribution in [3.05, 3.63) is 245 Å². The summed E-state index contributed by atoms with van der Waals surface area (Å²) in [4.78, 5) is 93.0. The maximum absolute atomic E-state index is 13.6. The molecule has 6 heterocycles. The number of aromatic amines is 1. The van der Waals surface area contributed by atoms with Gasteiger partial charge in [0.25, 0.3) is 6.47 Å². The number of aromatic nitrogens is 6. The molecule has 112 heavy (non-hydrogen) atoms. The van der Waals surface area contributed by atoms with Crippen molar-refractivity contribution in [3.8, 4) is 28.2 Å². The first-order valence-electron chi connectivity index (χ1n) is 35.1. The van der Waals surface area contributed by atoms with E-state index in [2.05, 4.69) is 65.5 Å². The number of likely N-dealkylation sites (tertiary alicyclic amines) is 2. The summed E-state index contributed by atoms with van der Waals surface area (Å²) in [7, 11) is 0. The van der Waals surface area contributed by atoms with Crippen LogP contribution in [0.5, 0.6) is 0 Å². The number of rotatable bonds is 18. The molecule has 2 aliphatic rings. The number of nitrogens with zero attached hydrogens (tertiary/aromatic N) is 9. The zero-order valence-electron chi connectivity index (χ0n) is 63.9. The molecule has 3 N–H and O–H groups in total. The Bertz CT molecular complexity index is 4910. The first kappa shape index (κ1) is 90.8. The van der Waals surface area contributed by atoms with Crippen molar-refractivity contribution in [2.45, 2.75) is 124 Å². The molecule has 2 aliphatic heterocycles. The van der Waals surface area contributed by atoms with Gasteiger partial charge in [-0.1, -0.05) is 170 Å². The number of piperidine rings is 2. The Kier molecular flexibility index (Phi) is 35.9. The van der Waals surface area contributed by atoms with E-state index in [0.717, 1.165) is 97.9 Å². The second-order valence-electron chi connectivity index (χ2n) is 27.5. The number of nitrogens with one attached hydrogen (secondary N) is 3. The molecular weight excluding hydrogens is 1540 g/mol. The molecule has 11 aromatic rings. The number of benzene rings is 7. The van der Waals surface area contributed by atoms with E-state index in [9.17, 15) is 19.2 Å². The fourth-order valence-corrected chi connectivity index (χ4v) is 12.8. The monoisotopic (exact) mass is 1630 g/mol. The molecule has 0 unspecified atom stereocenters. The summed E-state index contributed by atoms with van der Waals surface area (Å²) in [5.74, 6) is 0.805. The summed E-state index contributed by atoms with van der Waals surface area (Å²) < 4.78 is 41.6. The summed E-state index contributed by atoms with van der Waals surface area (Å²) in [6, 6.07) is 60.5. The van der Waals surface area contributed by atoms with Gasteiger partial charge >= 0.3 is 139 Å². The van der Waals surface area contributed by atoms with Gasteiger partial charge in [-0.25, -0.2) is 39.1 Å². The number of para-hydroxylation sites is 3. The van der Waals surface area contributed by atoms with Crippen molar-refractivity contribution < 1.29 is 166 Å². The van der Waals surface area contributed by atoms with Gasteiger partial charge in [-0.05, 0) is 138 Å². The fraction of sp³-hybridized carbons (Fsp3) is 0.280. The number of hydrogen-bond acceptors (Lipinski definition) is 19. The van der Waals surface area contributed by atoms with Crippen molar-refractivity contribution in [1.82, 2.24) is 49.1 Å². The Morgan fingerprint density at radius 2 is 0.982 bits per heavy atom. The largest absolute Gasteiger partial charge is 1.00 e. The molecule has 4 amide bonds. The van der Waals surface area contributed by atoms with Gasteiger partial charge in [-0.2, -0.15) is 8.42 Å². The van der Waals surface area contributed by atoms with E-state index >= 15 is 0 Å². The van der Waals surface area contributed by atoms with E-state index < -0.39 is 41.1 Å². The van der Waals surface area contributed by atoms with E-state index in [1.165, 1.54) is 0 Å². The fourth-order valence-electron chi connectivity index (χ4n) is 12.4. The van der Waals surface area contributed by atoms with Crippen LogP contribution in [0.25, 0.3) is 50.0 Å². The Labute approximate surface area is 751 Å². The molecule has 2 fully saturated rings. The molecular formula is C82H88Cl2K2N12O13S. The second kappa shape index (κ2) is 44.3. The average molecular weight is 1630 g/mol. The number of carbonyl (C=O) groups excluding carboxylic acids is 5. The van der Waals surface area contributed by atoms with Gasteiger partial charge in [0.2, 0.25) is 11.9 Å². The van der Waals surface area contributed by atoms with E-state index in [1.807, 2.05) is 212 Å². The van der Waals surface area contributed by atoms with Crippen LogP contribution in [0.15, 0.2) is 213 Å². The van der Waals surface area contributed by atoms with E-state index in [1.54, 1.807) is 32.0 Å². The normalized spacial score (nSPS) is 13.6. The standard InChI is InChI=1S/C43H43ClN6O4.C37H39ClN6O4.CH2O3.CH4.2K.O2S.H/c1-43(2,3)54-42(52)50(34-17-12-24-48(27-34)41(51)53-29-31-13-6-4-7-14-31)26-30-20-22-32(23-21-30)46-40-45-25-37(44)39(47-40)36-28-49(33-15-8-5-9-16-33)38-19-11-10-18-35(36)38;1-37(2,3)48-36(46)44(28-12-9-19-43(23-28)35(45)47-24-26-10-5-4-6-11-26)22-25-15-17-27(18-16-25)41-34-40-21-31(38)33(42-34)30-20-39-32-14-8-7-13-29(30)32;2-1-4-3;;;;1-3-2;/h4-11,13-16,18-23,25,28,34H,12,17,24,26-27,29H2,1-3H3,(H,45,46,47);4-8,10-11,13-18,20-21,28,39H,9,12,19,22-24H2,1-3H3,(H,40,41,42);1,3H;1H4;;;;/q;;;;2*+1;;-1/p-1/t34-;28-;;;;;;/m11....../s1. The maximum atomic E-state index is 13.6. The molecule has 2 saturated heterocycles. The van der Waals surface area contributed by atoms with Crippen molar-refractivity contribution in [3.63, 3.8) is 0 Å². The minimum atomic E-state index is -0.750. The van der Waals surface area contributed by atoms with Crippen molar-refractivity contribution in [2.75, 3.05) is 36.8 Å². The third kappa shape index (κ3) is 26.3. The summed E-state index contributed by atoms with van der Waals surface area (Å²) in [6.07, 6.45) is 8.49. The Morgan fingerprint density at radius 3 is 1.42 bits per heavy atom. The van der Waals surface area contributed by atoms with Crippen LogP contribution >= 0.6 is 23.2 Å². The molecule has 0 radical (unpaired) electrons. The minimum Gasteiger partial charge on any atom is -1.00 e. The smallest absolute Gasteiger partial charge is 1.00 e. The summed E-state index contributed by atoms with van der Waals surface area (Å²) in [6.45, 7) is 13.8. The summed E-state index contributed by atoms with van der Waals surface area (Å²) in [5.41, 5.74) is 9.97. The van der Waals surface area contributed by atoms with Crippen LogP contribution in [-0.2, 0) is 66.5 Å².